The summed E-state index contributed by atoms with van der Waals surface area (Å²) in [6, 6.07) is 5.59. The lowest BCUT2D eigenvalue weighted by Gasteiger charge is -2.16. The van der Waals surface area contributed by atoms with Crippen LogP contribution in [0.2, 0.25) is 0 Å². The summed E-state index contributed by atoms with van der Waals surface area (Å²) in [5.41, 5.74) is 6.31. The van der Waals surface area contributed by atoms with Crippen molar-refractivity contribution in [1.29, 1.82) is 0 Å². The average molecular weight is 330 g/mol. The summed E-state index contributed by atoms with van der Waals surface area (Å²) in [4.78, 5) is 0. The lowest BCUT2D eigenvalue weighted by atomic mass is 9.97. The maximum absolute atomic E-state index is 13.9. The van der Waals surface area contributed by atoms with Crippen molar-refractivity contribution in [2.24, 2.45) is 5.73 Å². The molecule has 2 aromatic rings. The molecule has 5 heteroatoms. The van der Waals surface area contributed by atoms with Gasteiger partial charge in [0.15, 0.2) is 0 Å². The van der Waals surface area contributed by atoms with E-state index in [0.717, 1.165) is 12.1 Å². The molecule has 19 heavy (non-hydrogen) atoms. The molecule has 0 radical (unpaired) electrons. The molecule has 0 spiro atoms. The minimum absolute atomic E-state index is 0.00524. The average Bonchev–Trinajstić information content (AvgIpc) is 2.36. The number of hydrogen-bond donors (Lipinski definition) is 1. The van der Waals surface area contributed by atoms with Gasteiger partial charge in [0, 0.05) is 11.1 Å². The quantitative estimate of drug-likeness (QED) is 0.820. The van der Waals surface area contributed by atoms with Crippen molar-refractivity contribution < 1.29 is 13.2 Å². The zero-order chi connectivity index (χ0) is 14.2. The van der Waals surface area contributed by atoms with Gasteiger partial charge in [-0.25, -0.2) is 13.2 Å². The Labute approximate surface area is 117 Å². The zero-order valence-electron chi connectivity index (χ0n) is 10.1. The smallest absolute Gasteiger partial charge is 0.137 e. The van der Waals surface area contributed by atoms with Crippen molar-refractivity contribution in [3.05, 3.63) is 68.9 Å². The van der Waals surface area contributed by atoms with Gasteiger partial charge in [-0.05, 0) is 40.5 Å². The van der Waals surface area contributed by atoms with E-state index in [1.54, 1.807) is 19.1 Å². The Balaban J connectivity index is 2.53. The minimum Gasteiger partial charge on any atom is -0.320 e. The van der Waals surface area contributed by atoms with Crippen LogP contribution in [0.3, 0.4) is 0 Å². The predicted molar refractivity (Wildman–Crippen MR) is 71.2 cm³/mol. The number of aryl methyl sites for hydroxylation is 1. The Kier molecular flexibility index (Phi) is 3.96. The second-order valence-electron chi connectivity index (χ2n) is 4.24. The molecule has 0 aliphatic rings. The van der Waals surface area contributed by atoms with E-state index in [2.05, 4.69) is 15.9 Å². The molecule has 0 bridgehead atoms. The normalized spacial score (nSPS) is 12.5. The van der Waals surface area contributed by atoms with Crippen molar-refractivity contribution >= 4 is 15.9 Å². The van der Waals surface area contributed by atoms with E-state index in [0.29, 0.717) is 5.56 Å². The first kappa shape index (κ1) is 14.1. The second kappa shape index (κ2) is 5.35. The first-order chi connectivity index (χ1) is 8.91. The summed E-state index contributed by atoms with van der Waals surface area (Å²) in [6.45, 7) is 1.59. The summed E-state index contributed by atoms with van der Waals surface area (Å²) < 4.78 is 41.2. The Morgan fingerprint density at radius 2 is 1.74 bits per heavy atom. The fourth-order valence-electron chi connectivity index (χ4n) is 1.85. The van der Waals surface area contributed by atoms with Crippen LogP contribution < -0.4 is 5.73 Å². The molecule has 1 nitrogen and oxygen atoms in total. The van der Waals surface area contributed by atoms with Gasteiger partial charge in [0.1, 0.15) is 17.5 Å². The summed E-state index contributed by atoms with van der Waals surface area (Å²) in [6.07, 6.45) is 0. The van der Waals surface area contributed by atoms with Gasteiger partial charge in [0.2, 0.25) is 0 Å². The molecule has 0 heterocycles. The SMILES string of the molecule is Cc1cccc(C(N)c2cc(F)c(Br)cc2F)c1F. The molecule has 0 aromatic heterocycles. The first-order valence-electron chi connectivity index (χ1n) is 5.57. The van der Waals surface area contributed by atoms with Crippen molar-refractivity contribution in [3.63, 3.8) is 0 Å². The van der Waals surface area contributed by atoms with Crippen LogP contribution >= 0.6 is 15.9 Å². The van der Waals surface area contributed by atoms with Gasteiger partial charge in [-0.1, -0.05) is 18.2 Å². The van der Waals surface area contributed by atoms with Crippen LogP contribution in [0.15, 0.2) is 34.8 Å². The maximum atomic E-state index is 13.9. The highest BCUT2D eigenvalue weighted by molar-refractivity contribution is 9.10. The van der Waals surface area contributed by atoms with Gasteiger partial charge in [-0.3, -0.25) is 0 Å². The highest BCUT2D eigenvalue weighted by Crippen LogP contribution is 2.28. The lowest BCUT2D eigenvalue weighted by molar-refractivity contribution is 0.557. The molecule has 0 amide bonds. The number of halogens is 4. The molecule has 0 aliphatic heterocycles. The molecule has 1 unspecified atom stereocenters. The number of nitrogens with two attached hydrogens (primary N) is 1. The number of rotatable bonds is 2. The molecule has 0 fully saturated rings. The number of benzene rings is 2. The van der Waals surface area contributed by atoms with Gasteiger partial charge in [0.05, 0.1) is 10.5 Å². The summed E-state index contributed by atoms with van der Waals surface area (Å²) in [5, 5.41) is 0. The molecular formula is C14H11BrF3N. The molecule has 2 N–H and O–H groups in total. The lowest BCUT2D eigenvalue weighted by Crippen LogP contribution is -2.16. The standard InChI is InChI=1S/C14H11BrF3N/c1-7-3-2-4-8(13(7)18)14(19)9-5-12(17)10(15)6-11(9)16/h2-6,14H,19H2,1H3. The largest absolute Gasteiger partial charge is 0.320 e. The van der Waals surface area contributed by atoms with Crippen LogP contribution in [0, 0.1) is 24.4 Å². The fraction of sp³-hybridized carbons (Fsp3) is 0.143. The van der Waals surface area contributed by atoms with Gasteiger partial charge in [0.25, 0.3) is 0 Å². The van der Waals surface area contributed by atoms with E-state index in [4.69, 9.17) is 5.73 Å². The van der Waals surface area contributed by atoms with Crippen LogP contribution in [0.1, 0.15) is 22.7 Å². The molecule has 0 aliphatic carbocycles. The summed E-state index contributed by atoms with van der Waals surface area (Å²) in [7, 11) is 0. The first-order valence-corrected chi connectivity index (χ1v) is 6.36. The zero-order valence-corrected chi connectivity index (χ0v) is 11.6. The topological polar surface area (TPSA) is 26.0 Å². The number of hydrogen-bond acceptors (Lipinski definition) is 1. The van der Waals surface area contributed by atoms with Crippen molar-refractivity contribution in [2.45, 2.75) is 13.0 Å². The van der Waals surface area contributed by atoms with Crippen LogP contribution in [0.25, 0.3) is 0 Å². The van der Waals surface area contributed by atoms with E-state index < -0.39 is 23.5 Å². The Bertz CT molecular complexity index is 628. The van der Waals surface area contributed by atoms with E-state index in [9.17, 15) is 13.2 Å². The third-order valence-corrected chi connectivity index (χ3v) is 3.54. The molecule has 100 valence electrons. The van der Waals surface area contributed by atoms with Crippen molar-refractivity contribution in [1.82, 2.24) is 0 Å². The third-order valence-electron chi connectivity index (χ3n) is 2.93. The van der Waals surface area contributed by atoms with Crippen LogP contribution in [-0.4, -0.2) is 0 Å². The predicted octanol–water partition coefficient (Wildman–Crippen LogP) is 4.22. The highest BCUT2D eigenvalue weighted by Gasteiger charge is 2.19. The molecule has 0 saturated carbocycles. The van der Waals surface area contributed by atoms with Crippen LogP contribution in [0.4, 0.5) is 13.2 Å². The maximum Gasteiger partial charge on any atom is 0.137 e. The highest BCUT2D eigenvalue weighted by atomic mass is 79.9. The summed E-state index contributed by atoms with van der Waals surface area (Å²) in [5.74, 6) is -1.82. The van der Waals surface area contributed by atoms with E-state index in [-0.39, 0.29) is 15.6 Å². The van der Waals surface area contributed by atoms with Gasteiger partial charge in [-0.15, -0.1) is 0 Å². The van der Waals surface area contributed by atoms with Crippen molar-refractivity contribution in [2.75, 3.05) is 0 Å². The van der Waals surface area contributed by atoms with Gasteiger partial charge in [-0.2, -0.15) is 0 Å². The second-order valence-corrected chi connectivity index (χ2v) is 5.10. The van der Waals surface area contributed by atoms with E-state index >= 15 is 0 Å². The molecule has 2 rings (SSSR count). The molecular weight excluding hydrogens is 319 g/mol. The van der Waals surface area contributed by atoms with E-state index in [1.165, 1.54) is 6.07 Å². The Morgan fingerprint density at radius 3 is 2.42 bits per heavy atom. The van der Waals surface area contributed by atoms with Gasteiger partial charge >= 0.3 is 0 Å². The summed E-state index contributed by atoms with van der Waals surface area (Å²) >= 11 is 2.88. The molecule has 0 saturated heterocycles. The molecule has 1 atom stereocenters. The Morgan fingerprint density at radius 1 is 1.05 bits per heavy atom. The Hall–Kier alpha value is -1.33. The third kappa shape index (κ3) is 2.67. The fourth-order valence-corrected chi connectivity index (χ4v) is 2.17. The minimum atomic E-state index is -1.05. The molecule has 2 aromatic carbocycles. The van der Waals surface area contributed by atoms with Crippen LogP contribution in [0.5, 0.6) is 0 Å². The van der Waals surface area contributed by atoms with Gasteiger partial charge < -0.3 is 5.73 Å². The monoisotopic (exact) mass is 329 g/mol. The van der Waals surface area contributed by atoms with E-state index in [1.807, 2.05) is 0 Å². The van der Waals surface area contributed by atoms with Crippen LogP contribution in [-0.2, 0) is 0 Å². The van der Waals surface area contributed by atoms with Crippen molar-refractivity contribution in [3.8, 4) is 0 Å².